The lowest BCUT2D eigenvalue weighted by Gasteiger charge is -2.30. The van der Waals surface area contributed by atoms with E-state index in [2.05, 4.69) is 22.4 Å². The maximum atomic E-state index is 13.0. The highest BCUT2D eigenvalue weighted by atomic mass is 16.4. The smallest absolute Gasteiger partial charge is 0.304 e. The number of benzene rings is 3. The third-order valence-electron chi connectivity index (χ3n) is 6.37. The van der Waals surface area contributed by atoms with Gasteiger partial charge in [0.1, 0.15) is 5.52 Å². The van der Waals surface area contributed by atoms with Crippen LogP contribution in [0.1, 0.15) is 45.0 Å². The van der Waals surface area contributed by atoms with E-state index >= 15 is 0 Å². The Labute approximate surface area is 191 Å². The molecular weight excluding hydrogens is 416 g/mol. The quantitative estimate of drug-likeness (QED) is 0.510. The van der Waals surface area contributed by atoms with Gasteiger partial charge in [-0.15, -0.1) is 5.10 Å². The molecule has 7 nitrogen and oxygen atoms in total. The Kier molecular flexibility index (Phi) is 5.38. The Morgan fingerprint density at radius 1 is 1.00 bits per heavy atom. The van der Waals surface area contributed by atoms with Gasteiger partial charge in [-0.2, -0.15) is 0 Å². The molecule has 1 aliphatic rings. The minimum absolute atomic E-state index is 0.0156. The van der Waals surface area contributed by atoms with E-state index in [0.717, 1.165) is 34.1 Å². The number of aliphatic carboxylic acids is 1. The average molecular weight is 441 g/mol. The first kappa shape index (κ1) is 20.9. The molecule has 1 N–H and O–H groups in total. The molecule has 2 heterocycles. The third-order valence-corrected chi connectivity index (χ3v) is 6.37. The molecule has 0 bridgehead atoms. The zero-order valence-corrected chi connectivity index (χ0v) is 18.3. The molecular formula is C26H24N4O3. The lowest BCUT2D eigenvalue weighted by Crippen LogP contribution is -2.36. The molecule has 0 spiro atoms. The van der Waals surface area contributed by atoms with Gasteiger partial charge in [0.15, 0.2) is 0 Å². The standard InChI is InChI=1S/C26H24N4O3/c1-29-24-10-9-20(14-23(24)27-28-29)22(15-25(31)32)19-8-7-17-11-12-30(16-21(17)13-19)26(33)18-5-3-2-4-6-18/h2-10,13-14,22H,11-12,15-16H2,1H3,(H,31,32)/t22-/m0/s1. The number of amides is 1. The molecule has 1 atom stereocenters. The lowest BCUT2D eigenvalue weighted by molar-refractivity contribution is -0.137. The van der Waals surface area contributed by atoms with Crippen molar-refractivity contribution < 1.29 is 14.7 Å². The van der Waals surface area contributed by atoms with E-state index in [-0.39, 0.29) is 18.2 Å². The van der Waals surface area contributed by atoms with E-state index in [1.807, 2.05) is 66.5 Å². The van der Waals surface area contributed by atoms with Crippen LogP contribution in [-0.2, 0) is 24.8 Å². The number of aryl methyl sites for hydroxylation is 1. The van der Waals surface area contributed by atoms with Crippen molar-refractivity contribution in [3.8, 4) is 0 Å². The summed E-state index contributed by atoms with van der Waals surface area (Å²) >= 11 is 0. The Hall–Kier alpha value is -4.00. The largest absolute Gasteiger partial charge is 0.481 e. The summed E-state index contributed by atoms with van der Waals surface area (Å²) in [7, 11) is 1.83. The van der Waals surface area contributed by atoms with Gasteiger partial charge in [0.2, 0.25) is 0 Å². The van der Waals surface area contributed by atoms with E-state index in [9.17, 15) is 14.7 Å². The van der Waals surface area contributed by atoms with E-state index in [1.54, 1.807) is 4.68 Å². The van der Waals surface area contributed by atoms with Crippen molar-refractivity contribution in [2.24, 2.45) is 7.05 Å². The second kappa shape index (κ2) is 8.50. The van der Waals surface area contributed by atoms with Crippen molar-refractivity contribution in [3.05, 3.63) is 94.5 Å². The Balaban J connectivity index is 1.47. The number of rotatable bonds is 5. The molecule has 7 heteroatoms. The topological polar surface area (TPSA) is 88.3 Å². The van der Waals surface area contributed by atoms with Crippen molar-refractivity contribution in [3.63, 3.8) is 0 Å². The number of carbonyl (C=O) groups is 2. The van der Waals surface area contributed by atoms with Crippen molar-refractivity contribution >= 4 is 22.9 Å². The van der Waals surface area contributed by atoms with E-state index in [1.165, 1.54) is 5.56 Å². The molecule has 166 valence electrons. The first-order valence-corrected chi connectivity index (χ1v) is 11.0. The fourth-order valence-corrected chi connectivity index (χ4v) is 4.61. The second-order valence-electron chi connectivity index (χ2n) is 8.48. The number of aromatic nitrogens is 3. The van der Waals surface area contributed by atoms with Gasteiger partial charge in [-0.3, -0.25) is 9.59 Å². The number of carbonyl (C=O) groups excluding carboxylic acids is 1. The summed E-state index contributed by atoms with van der Waals surface area (Å²) in [5.41, 5.74) is 6.40. The van der Waals surface area contributed by atoms with E-state index in [0.29, 0.717) is 18.7 Å². The minimum atomic E-state index is -0.863. The van der Waals surface area contributed by atoms with Gasteiger partial charge in [0.25, 0.3) is 5.91 Å². The van der Waals surface area contributed by atoms with Gasteiger partial charge >= 0.3 is 5.97 Å². The molecule has 0 radical (unpaired) electrons. The molecule has 1 amide bonds. The summed E-state index contributed by atoms with van der Waals surface area (Å²) in [6, 6.07) is 21.3. The van der Waals surface area contributed by atoms with Crippen LogP contribution in [0, 0.1) is 0 Å². The second-order valence-corrected chi connectivity index (χ2v) is 8.48. The monoisotopic (exact) mass is 440 g/mol. The normalized spacial score (nSPS) is 14.2. The van der Waals surface area contributed by atoms with Gasteiger partial charge in [0, 0.05) is 31.6 Å². The Morgan fingerprint density at radius 2 is 1.76 bits per heavy atom. The predicted molar refractivity (Wildman–Crippen MR) is 124 cm³/mol. The van der Waals surface area contributed by atoms with Crippen LogP contribution < -0.4 is 0 Å². The SMILES string of the molecule is Cn1nnc2cc([C@@H](CC(=O)O)c3ccc4c(c3)CN(C(=O)c3ccccc3)CC4)ccc21. The van der Waals surface area contributed by atoms with Gasteiger partial charge in [0.05, 0.1) is 11.9 Å². The van der Waals surface area contributed by atoms with Crippen LogP contribution >= 0.6 is 0 Å². The van der Waals surface area contributed by atoms with Gasteiger partial charge in [-0.25, -0.2) is 4.68 Å². The Morgan fingerprint density at radius 3 is 2.55 bits per heavy atom. The van der Waals surface area contributed by atoms with Gasteiger partial charge in [-0.05, 0) is 52.9 Å². The number of nitrogens with zero attached hydrogens (tertiary/aromatic N) is 4. The van der Waals surface area contributed by atoms with E-state index < -0.39 is 5.97 Å². The lowest BCUT2D eigenvalue weighted by atomic mass is 9.85. The first-order valence-electron chi connectivity index (χ1n) is 11.0. The van der Waals surface area contributed by atoms with Crippen molar-refractivity contribution in [1.29, 1.82) is 0 Å². The molecule has 0 unspecified atom stereocenters. The molecule has 0 fully saturated rings. The van der Waals surface area contributed by atoms with Gasteiger partial charge < -0.3 is 10.0 Å². The highest BCUT2D eigenvalue weighted by Gasteiger charge is 2.25. The van der Waals surface area contributed by atoms with Crippen LogP contribution in [0.3, 0.4) is 0 Å². The highest BCUT2D eigenvalue weighted by Crippen LogP contribution is 2.32. The summed E-state index contributed by atoms with van der Waals surface area (Å²) in [6.07, 6.45) is 0.751. The number of carboxylic acid groups (broad SMARTS) is 1. The number of fused-ring (bicyclic) bond motifs is 2. The molecule has 3 aromatic carbocycles. The van der Waals surface area contributed by atoms with Crippen molar-refractivity contribution in [1.82, 2.24) is 19.9 Å². The van der Waals surface area contributed by atoms with Crippen LogP contribution in [0.4, 0.5) is 0 Å². The molecule has 0 saturated heterocycles. The molecule has 0 saturated carbocycles. The zero-order valence-electron chi connectivity index (χ0n) is 18.3. The van der Waals surface area contributed by atoms with Crippen molar-refractivity contribution in [2.45, 2.75) is 25.3 Å². The zero-order chi connectivity index (χ0) is 22.9. The third kappa shape index (κ3) is 4.09. The van der Waals surface area contributed by atoms with Crippen LogP contribution in [0.25, 0.3) is 11.0 Å². The van der Waals surface area contributed by atoms with E-state index in [4.69, 9.17) is 0 Å². The minimum Gasteiger partial charge on any atom is -0.481 e. The fourth-order valence-electron chi connectivity index (χ4n) is 4.61. The molecule has 1 aromatic heterocycles. The Bertz CT molecular complexity index is 1350. The fraction of sp³-hybridized carbons (Fsp3) is 0.231. The summed E-state index contributed by atoms with van der Waals surface area (Å²) in [5.74, 6) is -1.17. The summed E-state index contributed by atoms with van der Waals surface area (Å²) in [4.78, 5) is 26.5. The average Bonchev–Trinajstić information content (AvgIpc) is 3.21. The summed E-state index contributed by atoms with van der Waals surface area (Å²) in [5, 5.41) is 17.9. The number of hydrogen-bond acceptors (Lipinski definition) is 4. The summed E-state index contributed by atoms with van der Waals surface area (Å²) in [6.45, 7) is 1.18. The maximum Gasteiger partial charge on any atom is 0.304 e. The maximum absolute atomic E-state index is 13.0. The molecule has 0 aliphatic carbocycles. The first-order chi connectivity index (χ1) is 16.0. The van der Waals surface area contributed by atoms with Crippen molar-refractivity contribution in [2.75, 3.05) is 6.54 Å². The van der Waals surface area contributed by atoms with Gasteiger partial charge in [-0.1, -0.05) is 47.7 Å². The van der Waals surface area contributed by atoms with Crippen LogP contribution in [0.15, 0.2) is 66.7 Å². The molecule has 33 heavy (non-hydrogen) atoms. The highest BCUT2D eigenvalue weighted by molar-refractivity contribution is 5.94. The van der Waals surface area contributed by atoms with Crippen LogP contribution in [-0.4, -0.2) is 43.4 Å². The number of hydrogen-bond donors (Lipinski definition) is 1. The summed E-state index contributed by atoms with van der Waals surface area (Å²) < 4.78 is 1.70. The number of carboxylic acids is 1. The molecule has 5 rings (SSSR count). The predicted octanol–water partition coefficient (Wildman–Crippen LogP) is 3.77. The van der Waals surface area contributed by atoms with Crippen LogP contribution in [0.5, 0.6) is 0 Å². The molecule has 1 aliphatic heterocycles. The van der Waals surface area contributed by atoms with Crippen LogP contribution in [0.2, 0.25) is 0 Å². The molecule has 4 aromatic rings.